The molecule has 4 aromatic carbocycles. The zero-order valence-electron chi connectivity index (χ0n) is 28.9. The van der Waals surface area contributed by atoms with Crippen molar-refractivity contribution in [1.82, 2.24) is 0 Å². The van der Waals surface area contributed by atoms with Gasteiger partial charge in [0.15, 0.2) is 11.6 Å². The van der Waals surface area contributed by atoms with Crippen molar-refractivity contribution in [3.63, 3.8) is 0 Å². The van der Waals surface area contributed by atoms with Crippen molar-refractivity contribution in [3.05, 3.63) is 156 Å². The lowest BCUT2D eigenvalue weighted by molar-refractivity contribution is 0.103. The Kier molecular flexibility index (Phi) is 14.2. The fourth-order valence-electron chi connectivity index (χ4n) is 4.77. The highest BCUT2D eigenvalue weighted by Crippen LogP contribution is 2.17. The van der Waals surface area contributed by atoms with Crippen LogP contribution in [0.15, 0.2) is 134 Å². The lowest BCUT2D eigenvalue weighted by atomic mass is 10.1. The van der Waals surface area contributed by atoms with Crippen LogP contribution >= 0.6 is 0 Å². The number of benzene rings is 4. The van der Waals surface area contributed by atoms with E-state index in [4.69, 9.17) is 9.47 Å². The van der Waals surface area contributed by atoms with Crippen LogP contribution in [0.4, 0.5) is 11.4 Å². The fraction of sp³-hybridized carbons (Fsp3) is 0.209. The van der Waals surface area contributed by atoms with Crippen molar-refractivity contribution < 1.29 is 19.1 Å². The molecular weight excluding hydrogens is 608 g/mol. The summed E-state index contributed by atoms with van der Waals surface area (Å²) in [6.45, 7) is 1.19. The minimum absolute atomic E-state index is 0.0526. The maximum Gasteiger partial charge on any atom is 0.185 e. The first kappa shape index (κ1) is 36.2. The van der Waals surface area contributed by atoms with E-state index in [1.165, 1.54) is 0 Å². The fourth-order valence-corrected chi connectivity index (χ4v) is 4.77. The number of unbranched alkanes of at least 4 members (excludes halogenated alkanes) is 2. The number of hydrogen-bond donors (Lipinski definition) is 0. The van der Waals surface area contributed by atoms with Gasteiger partial charge in [0.1, 0.15) is 11.5 Å². The lowest BCUT2D eigenvalue weighted by Crippen LogP contribution is -2.07. The summed E-state index contributed by atoms with van der Waals surface area (Å²) in [6, 6.07) is 30.9. The van der Waals surface area contributed by atoms with E-state index in [0.29, 0.717) is 24.3 Å². The van der Waals surface area contributed by atoms with Crippen LogP contribution < -0.4 is 19.3 Å². The standard InChI is InChI=1S/C43H46N2O4/c1-44(2)38-24-16-34(17-25-38)12-6-8-14-42(46)36-20-28-40(29-21-36)48-32-10-5-11-33-49-41-30-22-37(23-31-41)43(47)15-9-7-13-35-18-26-39(27-19-35)45(3)4/h6-9,12-31H,5,10-11,32-33H2,1-4H3/b12-6+,13-7+,14-8+,15-9+. The Balaban J connectivity index is 1.08. The molecule has 0 heterocycles. The molecule has 0 aliphatic rings. The summed E-state index contributed by atoms with van der Waals surface area (Å²) in [4.78, 5) is 29.1. The molecule has 0 unspecified atom stereocenters. The lowest BCUT2D eigenvalue weighted by Gasteiger charge is -2.11. The van der Waals surface area contributed by atoms with Gasteiger partial charge in [0.25, 0.3) is 0 Å². The molecule has 0 spiro atoms. The number of ketones is 2. The van der Waals surface area contributed by atoms with Gasteiger partial charge >= 0.3 is 0 Å². The molecule has 0 aromatic heterocycles. The summed E-state index contributed by atoms with van der Waals surface area (Å²) >= 11 is 0. The quantitative estimate of drug-likeness (QED) is 0.0461. The second-order valence-corrected chi connectivity index (χ2v) is 11.9. The highest BCUT2D eigenvalue weighted by Gasteiger charge is 2.04. The molecule has 0 saturated carbocycles. The van der Waals surface area contributed by atoms with E-state index < -0.39 is 0 Å². The van der Waals surface area contributed by atoms with Gasteiger partial charge in [0.05, 0.1) is 13.2 Å². The SMILES string of the molecule is CN(C)c1ccc(/C=C/C=C/C(=O)c2ccc(OCCCCCOc3ccc(C(=O)/C=C/C=C/c4ccc(N(C)C)cc4)cc3)cc2)cc1. The van der Waals surface area contributed by atoms with Crippen LogP contribution in [0.3, 0.4) is 0 Å². The van der Waals surface area contributed by atoms with Gasteiger partial charge in [0, 0.05) is 50.7 Å². The highest BCUT2D eigenvalue weighted by molar-refractivity contribution is 6.05. The molecule has 0 radical (unpaired) electrons. The summed E-state index contributed by atoms with van der Waals surface area (Å²) in [5, 5.41) is 0. The number of carbonyl (C=O) groups is 2. The summed E-state index contributed by atoms with van der Waals surface area (Å²) in [5.41, 5.74) is 5.68. The number of nitrogens with zero attached hydrogens (tertiary/aromatic N) is 2. The molecule has 49 heavy (non-hydrogen) atoms. The Morgan fingerprint density at radius 1 is 0.490 bits per heavy atom. The highest BCUT2D eigenvalue weighted by atomic mass is 16.5. The first-order valence-corrected chi connectivity index (χ1v) is 16.6. The predicted octanol–water partition coefficient (Wildman–Crippen LogP) is 9.35. The summed E-state index contributed by atoms with van der Waals surface area (Å²) in [6.07, 6.45) is 17.1. The molecule has 0 amide bonds. The second kappa shape index (κ2) is 19.3. The van der Waals surface area contributed by atoms with Crippen molar-refractivity contribution in [2.75, 3.05) is 51.2 Å². The zero-order valence-corrected chi connectivity index (χ0v) is 28.9. The summed E-state index contributed by atoms with van der Waals surface area (Å²) in [5.74, 6) is 1.38. The Labute approximate surface area is 291 Å². The van der Waals surface area contributed by atoms with Gasteiger partial charge in [-0.15, -0.1) is 0 Å². The van der Waals surface area contributed by atoms with E-state index in [-0.39, 0.29) is 11.6 Å². The third kappa shape index (κ3) is 12.5. The molecule has 0 atom stereocenters. The van der Waals surface area contributed by atoms with E-state index in [0.717, 1.165) is 53.3 Å². The predicted molar refractivity (Wildman–Crippen MR) is 204 cm³/mol. The van der Waals surface area contributed by atoms with Crippen LogP contribution in [0.1, 0.15) is 51.1 Å². The molecular formula is C43H46N2O4. The molecule has 6 nitrogen and oxygen atoms in total. The maximum atomic E-state index is 12.5. The zero-order chi connectivity index (χ0) is 34.8. The van der Waals surface area contributed by atoms with Crippen molar-refractivity contribution >= 4 is 35.1 Å². The van der Waals surface area contributed by atoms with Gasteiger partial charge in [-0.1, -0.05) is 60.7 Å². The molecule has 252 valence electrons. The number of ether oxygens (including phenoxy) is 2. The van der Waals surface area contributed by atoms with E-state index in [1.807, 2.05) is 101 Å². The maximum absolute atomic E-state index is 12.5. The van der Waals surface area contributed by atoms with Gasteiger partial charge in [-0.2, -0.15) is 0 Å². The van der Waals surface area contributed by atoms with Crippen LogP contribution in [0, 0.1) is 0 Å². The number of allylic oxidation sites excluding steroid dienone is 6. The minimum atomic E-state index is -0.0526. The van der Waals surface area contributed by atoms with Gasteiger partial charge in [0.2, 0.25) is 0 Å². The van der Waals surface area contributed by atoms with Crippen LogP contribution in [0.2, 0.25) is 0 Å². The Bertz CT molecular complexity index is 1600. The molecule has 0 bridgehead atoms. The first-order valence-electron chi connectivity index (χ1n) is 16.6. The van der Waals surface area contributed by atoms with Gasteiger partial charge < -0.3 is 19.3 Å². The molecule has 4 aromatic rings. The van der Waals surface area contributed by atoms with Crippen LogP contribution in [-0.2, 0) is 0 Å². The molecule has 6 heteroatoms. The monoisotopic (exact) mass is 654 g/mol. The van der Waals surface area contributed by atoms with E-state index in [9.17, 15) is 9.59 Å². The van der Waals surface area contributed by atoms with Gasteiger partial charge in [-0.05, 0) is 115 Å². The first-order chi connectivity index (χ1) is 23.8. The molecule has 0 saturated heterocycles. The number of anilines is 2. The Morgan fingerprint density at radius 3 is 1.20 bits per heavy atom. The van der Waals surface area contributed by atoms with Gasteiger partial charge in [-0.25, -0.2) is 0 Å². The van der Waals surface area contributed by atoms with E-state index in [1.54, 1.807) is 48.6 Å². The largest absolute Gasteiger partial charge is 0.494 e. The number of hydrogen-bond acceptors (Lipinski definition) is 6. The Hall–Kier alpha value is -5.62. The molecule has 4 rings (SSSR count). The molecule has 0 aliphatic heterocycles. The number of carbonyl (C=O) groups excluding carboxylic acids is 2. The van der Waals surface area contributed by atoms with Crippen LogP contribution in [0.5, 0.6) is 11.5 Å². The van der Waals surface area contributed by atoms with Crippen molar-refractivity contribution in [2.24, 2.45) is 0 Å². The van der Waals surface area contributed by atoms with Crippen molar-refractivity contribution in [1.29, 1.82) is 0 Å². The third-order valence-electron chi connectivity index (χ3n) is 7.72. The molecule has 0 aliphatic carbocycles. The molecule has 0 N–H and O–H groups in total. The summed E-state index contributed by atoms with van der Waals surface area (Å²) in [7, 11) is 8.05. The van der Waals surface area contributed by atoms with Gasteiger partial charge in [-0.3, -0.25) is 9.59 Å². The average molecular weight is 655 g/mol. The Morgan fingerprint density at radius 2 is 0.857 bits per heavy atom. The summed E-state index contributed by atoms with van der Waals surface area (Å²) < 4.78 is 11.7. The van der Waals surface area contributed by atoms with Crippen molar-refractivity contribution in [3.8, 4) is 11.5 Å². The second-order valence-electron chi connectivity index (χ2n) is 11.9. The van der Waals surface area contributed by atoms with Crippen LogP contribution in [-0.4, -0.2) is 53.0 Å². The third-order valence-corrected chi connectivity index (χ3v) is 7.72. The molecule has 0 fully saturated rings. The number of rotatable bonds is 18. The van der Waals surface area contributed by atoms with E-state index in [2.05, 4.69) is 34.1 Å². The van der Waals surface area contributed by atoms with E-state index >= 15 is 0 Å². The van der Waals surface area contributed by atoms with Crippen LogP contribution in [0.25, 0.3) is 12.2 Å². The topological polar surface area (TPSA) is 59.1 Å². The minimum Gasteiger partial charge on any atom is -0.494 e. The average Bonchev–Trinajstić information content (AvgIpc) is 3.12. The smallest absolute Gasteiger partial charge is 0.185 e. The normalized spacial score (nSPS) is 11.5. The van der Waals surface area contributed by atoms with Crippen molar-refractivity contribution in [2.45, 2.75) is 19.3 Å².